The highest BCUT2D eigenvalue weighted by Gasteiger charge is 2.33. The molecule has 0 aromatic carbocycles. The van der Waals surface area contributed by atoms with Gasteiger partial charge in [-0.1, -0.05) is 18.7 Å². The number of hydrogen-bond donors (Lipinski definition) is 1. The van der Waals surface area contributed by atoms with Gasteiger partial charge in [0.2, 0.25) is 11.8 Å². The topological polar surface area (TPSA) is 62.3 Å². The molecule has 102 valence electrons. The van der Waals surface area contributed by atoms with Crippen molar-refractivity contribution in [3.63, 3.8) is 0 Å². The van der Waals surface area contributed by atoms with Crippen LogP contribution in [0.1, 0.15) is 19.8 Å². The summed E-state index contributed by atoms with van der Waals surface area (Å²) in [4.78, 5) is 29.8. The monoisotopic (exact) mass is 279 g/mol. The maximum absolute atomic E-state index is 12.2. The second-order valence-electron chi connectivity index (χ2n) is 4.39. The van der Waals surface area contributed by atoms with Crippen LogP contribution in [-0.4, -0.2) is 35.6 Å². The first-order valence-corrected chi connectivity index (χ1v) is 7.17. The number of aromatic nitrogens is 1. The zero-order valence-corrected chi connectivity index (χ0v) is 11.9. The third-order valence-corrected chi connectivity index (χ3v) is 4.11. The molecule has 1 aliphatic rings. The molecule has 1 N–H and O–H groups in total. The molecule has 0 unspecified atom stereocenters. The summed E-state index contributed by atoms with van der Waals surface area (Å²) >= 11 is 1.37. The molecular weight excluding hydrogens is 262 g/mol. The van der Waals surface area contributed by atoms with Crippen LogP contribution in [0.4, 0.5) is 5.69 Å². The van der Waals surface area contributed by atoms with Crippen LogP contribution < -0.4 is 10.2 Å². The van der Waals surface area contributed by atoms with Gasteiger partial charge in [-0.2, -0.15) is 0 Å². The molecule has 0 fully saturated rings. The summed E-state index contributed by atoms with van der Waals surface area (Å²) in [5.74, 6) is -0.127. The van der Waals surface area contributed by atoms with E-state index in [1.54, 1.807) is 24.2 Å². The zero-order chi connectivity index (χ0) is 13.8. The van der Waals surface area contributed by atoms with E-state index in [-0.39, 0.29) is 23.5 Å². The molecule has 0 aliphatic carbocycles. The van der Waals surface area contributed by atoms with Crippen LogP contribution in [-0.2, 0) is 9.59 Å². The Kier molecular flexibility index (Phi) is 4.42. The fraction of sp³-hybridized carbons (Fsp3) is 0.462. The normalized spacial score (nSPS) is 18.1. The molecule has 5 nitrogen and oxygen atoms in total. The zero-order valence-electron chi connectivity index (χ0n) is 11.0. The molecule has 2 rings (SSSR count). The van der Waals surface area contributed by atoms with E-state index in [1.807, 2.05) is 13.0 Å². The van der Waals surface area contributed by atoms with Gasteiger partial charge < -0.3 is 10.2 Å². The molecule has 0 radical (unpaired) electrons. The van der Waals surface area contributed by atoms with Crippen LogP contribution in [0.2, 0.25) is 0 Å². The van der Waals surface area contributed by atoms with Gasteiger partial charge >= 0.3 is 0 Å². The predicted molar refractivity (Wildman–Crippen MR) is 75.2 cm³/mol. The minimum atomic E-state index is -0.385. The highest BCUT2D eigenvalue weighted by atomic mass is 32.2. The van der Waals surface area contributed by atoms with Crippen molar-refractivity contribution in [2.45, 2.75) is 30.0 Å². The lowest BCUT2D eigenvalue weighted by Gasteiger charge is -2.29. The molecule has 0 saturated heterocycles. The molecule has 1 atom stereocenters. The third kappa shape index (κ3) is 3.07. The van der Waals surface area contributed by atoms with Crippen molar-refractivity contribution in [3.05, 3.63) is 18.3 Å². The molecule has 0 saturated carbocycles. The molecule has 1 aliphatic heterocycles. The Balaban J connectivity index is 2.08. The lowest BCUT2D eigenvalue weighted by Crippen LogP contribution is -2.41. The summed E-state index contributed by atoms with van der Waals surface area (Å²) in [6, 6.07) is 3.66. The van der Waals surface area contributed by atoms with Crippen molar-refractivity contribution in [1.29, 1.82) is 0 Å². The van der Waals surface area contributed by atoms with Gasteiger partial charge in [-0.05, 0) is 18.6 Å². The molecule has 1 aromatic rings. The van der Waals surface area contributed by atoms with E-state index in [0.29, 0.717) is 6.54 Å². The van der Waals surface area contributed by atoms with Gasteiger partial charge in [-0.15, -0.1) is 0 Å². The number of nitrogens with one attached hydrogen (secondary N) is 1. The number of carbonyl (C=O) groups is 2. The molecule has 0 bridgehead atoms. The molecule has 19 heavy (non-hydrogen) atoms. The number of pyridine rings is 1. The number of thioether (sulfide) groups is 1. The number of carbonyl (C=O) groups excluding carboxylic acids is 2. The summed E-state index contributed by atoms with van der Waals surface area (Å²) in [5, 5.41) is 3.21. The van der Waals surface area contributed by atoms with Gasteiger partial charge in [0.15, 0.2) is 0 Å². The van der Waals surface area contributed by atoms with Gasteiger partial charge in [-0.3, -0.25) is 9.59 Å². The van der Waals surface area contributed by atoms with E-state index >= 15 is 0 Å². The number of amides is 2. The lowest BCUT2D eigenvalue weighted by molar-refractivity contribution is -0.124. The molecule has 2 heterocycles. The highest BCUT2D eigenvalue weighted by molar-refractivity contribution is 8.00. The third-order valence-electron chi connectivity index (χ3n) is 2.92. The van der Waals surface area contributed by atoms with Crippen molar-refractivity contribution < 1.29 is 9.59 Å². The Morgan fingerprint density at radius 2 is 2.37 bits per heavy atom. The smallest absolute Gasteiger partial charge is 0.240 e. The van der Waals surface area contributed by atoms with Gasteiger partial charge in [0, 0.05) is 26.2 Å². The second kappa shape index (κ2) is 6.06. The molecule has 0 spiro atoms. The average molecular weight is 279 g/mol. The Labute approximate surface area is 116 Å². The summed E-state index contributed by atoms with van der Waals surface area (Å²) in [6.07, 6.45) is 2.79. The predicted octanol–water partition coefficient (Wildman–Crippen LogP) is 1.44. The number of fused-ring (bicyclic) bond motifs is 1. The van der Waals surface area contributed by atoms with E-state index in [0.717, 1.165) is 17.1 Å². The number of rotatable bonds is 4. The minimum Gasteiger partial charge on any atom is -0.356 e. The standard InChI is InChI=1S/C13H17N3O2S/c1-3-6-14-11(17)8-10-13(18)16(2)9-5-4-7-15-12(9)19-10/h4-5,7,10H,3,6,8H2,1-2H3,(H,14,17)/t10-/m1/s1. The second-order valence-corrected chi connectivity index (χ2v) is 5.58. The van der Waals surface area contributed by atoms with Crippen LogP contribution in [0.3, 0.4) is 0 Å². The van der Waals surface area contributed by atoms with Gasteiger partial charge in [0.05, 0.1) is 10.9 Å². The van der Waals surface area contributed by atoms with Gasteiger partial charge in [0.25, 0.3) is 0 Å². The Morgan fingerprint density at radius 1 is 1.58 bits per heavy atom. The van der Waals surface area contributed by atoms with Crippen molar-refractivity contribution in [2.24, 2.45) is 0 Å². The summed E-state index contributed by atoms with van der Waals surface area (Å²) in [5.41, 5.74) is 0.808. The first-order chi connectivity index (χ1) is 9.13. The van der Waals surface area contributed by atoms with Crippen LogP contribution >= 0.6 is 11.8 Å². The van der Waals surface area contributed by atoms with Gasteiger partial charge in [0.1, 0.15) is 5.03 Å². The number of anilines is 1. The summed E-state index contributed by atoms with van der Waals surface area (Å²) in [7, 11) is 1.72. The van der Waals surface area contributed by atoms with Crippen molar-refractivity contribution in [2.75, 3.05) is 18.5 Å². The summed E-state index contributed by atoms with van der Waals surface area (Å²) in [6.45, 7) is 2.64. The molecule has 6 heteroatoms. The summed E-state index contributed by atoms with van der Waals surface area (Å²) < 4.78 is 0. The van der Waals surface area contributed by atoms with Crippen molar-refractivity contribution in [1.82, 2.24) is 10.3 Å². The number of nitrogens with zero attached hydrogens (tertiary/aromatic N) is 2. The SMILES string of the molecule is CCCNC(=O)C[C@H]1Sc2ncccc2N(C)C1=O. The quantitative estimate of drug-likeness (QED) is 0.906. The molecule has 2 amide bonds. The van der Waals surface area contributed by atoms with E-state index in [9.17, 15) is 9.59 Å². The van der Waals surface area contributed by atoms with E-state index in [4.69, 9.17) is 0 Å². The van der Waals surface area contributed by atoms with E-state index in [2.05, 4.69) is 10.3 Å². The average Bonchev–Trinajstić information content (AvgIpc) is 2.42. The van der Waals surface area contributed by atoms with Crippen LogP contribution in [0, 0.1) is 0 Å². The maximum atomic E-state index is 12.2. The van der Waals surface area contributed by atoms with Crippen molar-refractivity contribution in [3.8, 4) is 0 Å². The van der Waals surface area contributed by atoms with Crippen molar-refractivity contribution >= 4 is 29.3 Å². The van der Waals surface area contributed by atoms with E-state index in [1.165, 1.54) is 11.8 Å². The Bertz CT molecular complexity index is 493. The highest BCUT2D eigenvalue weighted by Crippen LogP contribution is 2.37. The Hall–Kier alpha value is -1.56. The fourth-order valence-corrected chi connectivity index (χ4v) is 3.09. The van der Waals surface area contributed by atoms with Gasteiger partial charge in [-0.25, -0.2) is 4.98 Å². The molecule has 1 aromatic heterocycles. The lowest BCUT2D eigenvalue weighted by atomic mass is 10.2. The first-order valence-electron chi connectivity index (χ1n) is 6.29. The maximum Gasteiger partial charge on any atom is 0.240 e. The largest absolute Gasteiger partial charge is 0.356 e. The van der Waals surface area contributed by atoms with Crippen LogP contribution in [0.5, 0.6) is 0 Å². The van der Waals surface area contributed by atoms with Crippen LogP contribution in [0.25, 0.3) is 0 Å². The molecular formula is C13H17N3O2S. The van der Waals surface area contributed by atoms with Crippen LogP contribution in [0.15, 0.2) is 23.4 Å². The number of hydrogen-bond acceptors (Lipinski definition) is 4. The van der Waals surface area contributed by atoms with E-state index < -0.39 is 0 Å². The Morgan fingerprint density at radius 3 is 3.11 bits per heavy atom. The first kappa shape index (κ1) is 13.9. The minimum absolute atomic E-state index is 0.0443. The fourth-order valence-electron chi connectivity index (χ4n) is 1.88.